The molecule has 0 radical (unpaired) electrons. The van der Waals surface area contributed by atoms with E-state index in [1.54, 1.807) is 0 Å². The number of aryl methyl sites for hydroxylation is 2. The largest absolute Gasteiger partial charge is 0.340 e. The van der Waals surface area contributed by atoms with Gasteiger partial charge in [-0.05, 0) is 30.9 Å². The third-order valence-corrected chi connectivity index (χ3v) is 4.92. The minimum Gasteiger partial charge on any atom is -0.340 e. The van der Waals surface area contributed by atoms with Gasteiger partial charge >= 0.3 is 0 Å². The molecule has 1 aliphatic rings. The number of carbonyl (C=O) groups excluding carboxylic acids is 1. The first-order valence-corrected chi connectivity index (χ1v) is 8.77. The van der Waals surface area contributed by atoms with E-state index in [0.29, 0.717) is 13.0 Å². The van der Waals surface area contributed by atoms with Crippen LogP contribution in [0.25, 0.3) is 0 Å². The zero-order chi connectivity index (χ0) is 16.9. The number of halogens is 1. The van der Waals surface area contributed by atoms with Crippen molar-refractivity contribution in [3.8, 4) is 0 Å². The van der Waals surface area contributed by atoms with Crippen molar-refractivity contribution in [1.82, 2.24) is 4.90 Å². The first-order chi connectivity index (χ1) is 11.6. The molecule has 2 N–H and O–H groups in total. The first-order valence-electron chi connectivity index (χ1n) is 8.77. The Morgan fingerprint density at radius 1 is 1.08 bits per heavy atom. The average Bonchev–Trinajstić information content (AvgIpc) is 2.99. The fourth-order valence-corrected chi connectivity index (χ4v) is 3.44. The monoisotopic (exact) mass is 358 g/mol. The van der Waals surface area contributed by atoms with Crippen LogP contribution in [0.15, 0.2) is 54.6 Å². The molecule has 1 aliphatic heterocycles. The highest BCUT2D eigenvalue weighted by atomic mass is 35.5. The number of nitrogens with two attached hydrogens (primary N) is 1. The molecule has 1 saturated heterocycles. The van der Waals surface area contributed by atoms with Crippen molar-refractivity contribution in [3.63, 3.8) is 0 Å². The lowest BCUT2D eigenvalue weighted by atomic mass is 9.95. The van der Waals surface area contributed by atoms with Crippen molar-refractivity contribution in [2.75, 3.05) is 13.1 Å². The Hall–Kier alpha value is -1.84. The van der Waals surface area contributed by atoms with Crippen molar-refractivity contribution in [2.45, 2.75) is 38.1 Å². The van der Waals surface area contributed by atoms with Crippen LogP contribution in [0.3, 0.4) is 0 Å². The van der Waals surface area contributed by atoms with Crippen molar-refractivity contribution in [3.05, 3.63) is 71.3 Å². The second-order valence-corrected chi connectivity index (χ2v) is 6.82. The van der Waals surface area contributed by atoms with E-state index in [0.717, 1.165) is 19.4 Å². The zero-order valence-electron chi connectivity index (χ0n) is 14.7. The highest BCUT2D eigenvalue weighted by molar-refractivity contribution is 5.85. The summed E-state index contributed by atoms with van der Waals surface area (Å²) in [5.41, 5.74) is 10.1. The molecule has 0 aliphatic carbocycles. The third kappa shape index (κ3) is 5.07. The van der Waals surface area contributed by atoms with Crippen LogP contribution < -0.4 is 5.73 Å². The molecule has 0 bridgehead atoms. The summed E-state index contributed by atoms with van der Waals surface area (Å²) in [6, 6.07) is 18.9. The summed E-state index contributed by atoms with van der Waals surface area (Å²) >= 11 is 0. The summed E-state index contributed by atoms with van der Waals surface area (Å²) in [4.78, 5) is 14.4. The van der Waals surface area contributed by atoms with Gasteiger partial charge in [0.15, 0.2) is 0 Å². The van der Waals surface area contributed by atoms with E-state index in [2.05, 4.69) is 43.3 Å². The maximum atomic E-state index is 12.5. The molecule has 4 heteroatoms. The zero-order valence-corrected chi connectivity index (χ0v) is 15.5. The Morgan fingerprint density at radius 3 is 2.44 bits per heavy atom. The van der Waals surface area contributed by atoms with Crippen molar-refractivity contribution in [2.24, 2.45) is 5.73 Å². The number of hydrogen-bond acceptors (Lipinski definition) is 2. The maximum absolute atomic E-state index is 12.5. The lowest BCUT2D eigenvalue weighted by Gasteiger charge is -2.16. The standard InChI is InChI=1S/C21H26N2O.ClH/c1-16-10-12-17(13-11-16)6-5-9-21(24)23-14-19(20(22)15-23)18-7-3-2-4-8-18;/h2-4,7-8,10-13,19-20H,5-6,9,14-15,22H2,1H3;1H/t19-,20+;/m0./s1. The van der Waals surface area contributed by atoms with Crippen LogP contribution in [0, 0.1) is 6.92 Å². The van der Waals surface area contributed by atoms with Gasteiger partial charge in [0.25, 0.3) is 0 Å². The summed E-state index contributed by atoms with van der Waals surface area (Å²) in [5, 5.41) is 0. The van der Waals surface area contributed by atoms with Crippen molar-refractivity contribution >= 4 is 18.3 Å². The summed E-state index contributed by atoms with van der Waals surface area (Å²) in [6.45, 7) is 3.50. The van der Waals surface area contributed by atoms with Crippen LogP contribution in [0.2, 0.25) is 0 Å². The van der Waals surface area contributed by atoms with Crippen molar-refractivity contribution in [1.29, 1.82) is 0 Å². The molecule has 134 valence electrons. The summed E-state index contributed by atoms with van der Waals surface area (Å²) < 4.78 is 0. The number of nitrogens with zero attached hydrogens (tertiary/aromatic N) is 1. The van der Waals surface area contributed by atoms with Gasteiger partial charge < -0.3 is 10.6 Å². The smallest absolute Gasteiger partial charge is 0.222 e. The van der Waals surface area contributed by atoms with E-state index >= 15 is 0 Å². The van der Waals surface area contributed by atoms with E-state index in [4.69, 9.17) is 5.73 Å². The SMILES string of the molecule is Cc1ccc(CCCC(=O)N2C[C@@H](N)[C@H](c3ccccc3)C2)cc1.Cl. The Morgan fingerprint density at radius 2 is 1.76 bits per heavy atom. The molecule has 0 unspecified atom stereocenters. The van der Waals surface area contributed by atoms with Crippen LogP contribution in [0.4, 0.5) is 0 Å². The number of carbonyl (C=O) groups is 1. The van der Waals surface area contributed by atoms with Gasteiger partial charge in [0.2, 0.25) is 5.91 Å². The number of likely N-dealkylation sites (tertiary alicyclic amines) is 1. The molecule has 3 nitrogen and oxygen atoms in total. The molecule has 1 fully saturated rings. The average molecular weight is 359 g/mol. The Labute approximate surface area is 156 Å². The number of hydrogen-bond donors (Lipinski definition) is 1. The van der Waals surface area contributed by atoms with Crippen LogP contribution in [-0.4, -0.2) is 29.9 Å². The predicted octanol–water partition coefficient (Wildman–Crippen LogP) is 3.69. The van der Waals surface area contributed by atoms with E-state index in [-0.39, 0.29) is 30.3 Å². The molecule has 2 aromatic carbocycles. The Balaban J connectivity index is 0.00000225. The van der Waals surface area contributed by atoms with Crippen LogP contribution in [-0.2, 0) is 11.2 Å². The lowest BCUT2D eigenvalue weighted by Crippen LogP contribution is -2.32. The molecule has 1 heterocycles. The minimum atomic E-state index is 0. The summed E-state index contributed by atoms with van der Waals surface area (Å²) in [6.07, 6.45) is 2.44. The minimum absolute atomic E-state index is 0. The first kappa shape index (κ1) is 19.5. The Kier molecular flexibility index (Phi) is 7.03. The second kappa shape index (κ2) is 9.02. The van der Waals surface area contributed by atoms with Gasteiger partial charge in [-0.1, -0.05) is 60.2 Å². The van der Waals surface area contributed by atoms with Gasteiger partial charge in [0, 0.05) is 31.5 Å². The summed E-state index contributed by atoms with van der Waals surface area (Å²) in [5.74, 6) is 0.489. The molecule has 0 aromatic heterocycles. The molecule has 0 spiro atoms. The fourth-order valence-electron chi connectivity index (χ4n) is 3.44. The quantitative estimate of drug-likeness (QED) is 0.885. The Bertz CT molecular complexity index is 672. The van der Waals surface area contributed by atoms with Crippen LogP contribution >= 0.6 is 12.4 Å². The highest BCUT2D eigenvalue weighted by Gasteiger charge is 2.33. The number of rotatable bonds is 5. The highest BCUT2D eigenvalue weighted by Crippen LogP contribution is 2.26. The van der Waals surface area contributed by atoms with Gasteiger partial charge in [-0.25, -0.2) is 0 Å². The van der Waals surface area contributed by atoms with E-state index in [1.807, 2.05) is 23.1 Å². The maximum Gasteiger partial charge on any atom is 0.222 e. The molecule has 3 rings (SSSR count). The number of amides is 1. The van der Waals surface area contributed by atoms with Crippen molar-refractivity contribution < 1.29 is 4.79 Å². The van der Waals surface area contributed by atoms with Gasteiger partial charge in [0.05, 0.1) is 0 Å². The van der Waals surface area contributed by atoms with Crippen LogP contribution in [0.5, 0.6) is 0 Å². The molecular weight excluding hydrogens is 332 g/mol. The van der Waals surface area contributed by atoms with Gasteiger partial charge in [-0.2, -0.15) is 0 Å². The van der Waals surface area contributed by atoms with E-state index in [1.165, 1.54) is 16.7 Å². The van der Waals surface area contributed by atoms with E-state index in [9.17, 15) is 4.79 Å². The molecular formula is C21H27ClN2O. The van der Waals surface area contributed by atoms with E-state index < -0.39 is 0 Å². The van der Waals surface area contributed by atoms with Crippen LogP contribution in [0.1, 0.15) is 35.4 Å². The molecule has 2 atom stereocenters. The molecule has 0 saturated carbocycles. The number of benzene rings is 2. The molecule has 1 amide bonds. The van der Waals surface area contributed by atoms with Gasteiger partial charge in [-0.15, -0.1) is 12.4 Å². The lowest BCUT2D eigenvalue weighted by molar-refractivity contribution is -0.130. The predicted molar refractivity (Wildman–Crippen MR) is 105 cm³/mol. The topological polar surface area (TPSA) is 46.3 Å². The molecule has 25 heavy (non-hydrogen) atoms. The normalized spacial score (nSPS) is 19.5. The fraction of sp³-hybridized carbons (Fsp3) is 0.381. The second-order valence-electron chi connectivity index (χ2n) is 6.82. The van der Waals surface area contributed by atoms with Gasteiger partial charge in [-0.3, -0.25) is 4.79 Å². The summed E-state index contributed by atoms with van der Waals surface area (Å²) in [7, 11) is 0. The third-order valence-electron chi connectivity index (χ3n) is 4.92. The van der Waals surface area contributed by atoms with Gasteiger partial charge in [0.1, 0.15) is 0 Å². The molecule has 2 aromatic rings.